The Morgan fingerprint density at radius 1 is 1.17 bits per heavy atom. The lowest BCUT2D eigenvalue weighted by molar-refractivity contribution is 0.452. The average molecular weight is 163 g/mol. The van der Waals surface area contributed by atoms with Crippen LogP contribution in [0.25, 0.3) is 0 Å². The van der Waals surface area contributed by atoms with Crippen LogP contribution in [0.3, 0.4) is 0 Å². The molecule has 0 aliphatic carbocycles. The largest absolute Gasteiger partial charge is 0.492 e. The zero-order valence-corrected chi connectivity index (χ0v) is 6.38. The first-order chi connectivity index (χ1) is 5.89. The molecule has 0 saturated carbocycles. The van der Waals surface area contributed by atoms with Crippen LogP contribution in [0.4, 0.5) is 0 Å². The van der Waals surface area contributed by atoms with Crippen LogP contribution >= 0.6 is 0 Å². The fraction of sp³-hybridized carbons (Fsp3) is 0. The van der Waals surface area contributed by atoms with E-state index in [-0.39, 0.29) is 5.88 Å². The highest BCUT2D eigenvalue weighted by atomic mass is 16.3. The van der Waals surface area contributed by atoms with Gasteiger partial charge in [-0.1, -0.05) is 6.07 Å². The molecule has 0 aliphatic heterocycles. The fourth-order valence-corrected chi connectivity index (χ4v) is 0.565. The molecule has 4 nitrogen and oxygen atoms in total. The Labute approximate surface area is 69.9 Å². The SMILES string of the molecule is Oc1cc[nH]n1.c1ccncc1. The van der Waals surface area contributed by atoms with Crippen molar-refractivity contribution in [2.45, 2.75) is 0 Å². The van der Waals surface area contributed by atoms with E-state index in [4.69, 9.17) is 5.11 Å². The molecule has 2 aromatic heterocycles. The molecule has 0 unspecified atom stereocenters. The van der Waals surface area contributed by atoms with Crippen molar-refractivity contribution in [3.05, 3.63) is 42.9 Å². The number of rotatable bonds is 0. The Hall–Kier alpha value is -1.84. The van der Waals surface area contributed by atoms with E-state index >= 15 is 0 Å². The second-order valence-corrected chi connectivity index (χ2v) is 1.96. The molecule has 0 amide bonds. The Morgan fingerprint density at radius 3 is 2.08 bits per heavy atom. The van der Waals surface area contributed by atoms with E-state index in [9.17, 15) is 0 Å². The second-order valence-electron chi connectivity index (χ2n) is 1.96. The van der Waals surface area contributed by atoms with Gasteiger partial charge in [-0.15, -0.1) is 5.10 Å². The normalized spacial score (nSPS) is 8.33. The summed E-state index contributed by atoms with van der Waals surface area (Å²) in [7, 11) is 0. The second kappa shape index (κ2) is 4.90. The maximum atomic E-state index is 8.33. The minimum atomic E-state index is 0.0370. The number of hydrogen-bond acceptors (Lipinski definition) is 3. The van der Waals surface area contributed by atoms with Gasteiger partial charge in [-0.3, -0.25) is 10.1 Å². The fourth-order valence-electron chi connectivity index (χ4n) is 0.565. The van der Waals surface area contributed by atoms with Gasteiger partial charge in [0.2, 0.25) is 5.88 Å². The molecule has 2 aromatic rings. The van der Waals surface area contributed by atoms with Gasteiger partial charge in [0.05, 0.1) is 0 Å². The summed E-state index contributed by atoms with van der Waals surface area (Å²) < 4.78 is 0. The number of hydrogen-bond donors (Lipinski definition) is 2. The van der Waals surface area contributed by atoms with Gasteiger partial charge in [0.1, 0.15) is 0 Å². The van der Waals surface area contributed by atoms with E-state index in [1.165, 1.54) is 6.07 Å². The molecule has 62 valence electrons. The number of aromatic hydroxyl groups is 1. The van der Waals surface area contributed by atoms with Gasteiger partial charge in [0, 0.05) is 24.7 Å². The maximum absolute atomic E-state index is 8.33. The third-order valence-corrected chi connectivity index (χ3v) is 1.05. The number of nitrogens with one attached hydrogen (secondary N) is 1. The first-order valence-electron chi connectivity index (χ1n) is 3.43. The number of H-pyrrole nitrogens is 1. The predicted octanol–water partition coefficient (Wildman–Crippen LogP) is 1.20. The summed E-state index contributed by atoms with van der Waals surface area (Å²) in [6.45, 7) is 0. The van der Waals surface area contributed by atoms with Gasteiger partial charge >= 0.3 is 0 Å². The molecule has 0 radical (unpaired) electrons. The summed E-state index contributed by atoms with van der Waals surface area (Å²) in [5, 5.41) is 14.1. The molecule has 12 heavy (non-hydrogen) atoms. The smallest absolute Gasteiger partial charge is 0.229 e. The van der Waals surface area contributed by atoms with E-state index in [1.54, 1.807) is 18.6 Å². The molecule has 0 atom stereocenters. The summed E-state index contributed by atoms with van der Waals surface area (Å²) in [4.78, 5) is 3.78. The molecule has 0 aromatic carbocycles. The van der Waals surface area contributed by atoms with Crippen LogP contribution in [-0.2, 0) is 0 Å². The highest BCUT2D eigenvalue weighted by Gasteiger charge is 1.78. The van der Waals surface area contributed by atoms with Crippen molar-refractivity contribution in [1.29, 1.82) is 0 Å². The molecule has 0 aliphatic rings. The van der Waals surface area contributed by atoms with Crippen LogP contribution in [0.1, 0.15) is 0 Å². The minimum absolute atomic E-state index is 0.0370. The van der Waals surface area contributed by atoms with E-state index in [0.717, 1.165) is 0 Å². The standard InChI is InChI=1S/C5H5N.C3H4N2O/c1-2-4-6-5-3-1;6-3-1-2-4-5-3/h1-5H;1-2H,(H2,4,5,6). The quantitative estimate of drug-likeness (QED) is 0.613. The average Bonchev–Trinajstić information content (AvgIpc) is 2.60. The van der Waals surface area contributed by atoms with E-state index in [2.05, 4.69) is 15.2 Å². The lowest BCUT2D eigenvalue weighted by atomic mass is 10.5. The highest BCUT2D eigenvalue weighted by molar-refractivity contribution is 5.00. The number of aromatic amines is 1. The van der Waals surface area contributed by atoms with Crippen molar-refractivity contribution in [3.63, 3.8) is 0 Å². The van der Waals surface area contributed by atoms with Crippen molar-refractivity contribution in [1.82, 2.24) is 15.2 Å². The zero-order valence-electron chi connectivity index (χ0n) is 6.38. The molecule has 0 bridgehead atoms. The summed E-state index contributed by atoms with van der Waals surface area (Å²) in [5.74, 6) is 0.0370. The van der Waals surface area contributed by atoms with Crippen molar-refractivity contribution in [3.8, 4) is 5.88 Å². The molecule has 2 rings (SSSR count). The summed E-state index contributed by atoms with van der Waals surface area (Å²) >= 11 is 0. The van der Waals surface area contributed by atoms with Crippen LogP contribution < -0.4 is 0 Å². The predicted molar refractivity (Wildman–Crippen MR) is 44.5 cm³/mol. The summed E-state index contributed by atoms with van der Waals surface area (Å²) in [6.07, 6.45) is 5.05. The van der Waals surface area contributed by atoms with Crippen LogP contribution in [0.5, 0.6) is 5.88 Å². The van der Waals surface area contributed by atoms with Crippen LogP contribution in [-0.4, -0.2) is 20.3 Å². The van der Waals surface area contributed by atoms with E-state index < -0.39 is 0 Å². The Morgan fingerprint density at radius 2 is 1.92 bits per heavy atom. The molecule has 2 N–H and O–H groups in total. The Kier molecular flexibility index (Phi) is 3.37. The van der Waals surface area contributed by atoms with Crippen molar-refractivity contribution >= 4 is 0 Å². The topological polar surface area (TPSA) is 61.8 Å². The Bertz CT molecular complexity index is 254. The van der Waals surface area contributed by atoms with Gasteiger partial charge < -0.3 is 5.11 Å². The van der Waals surface area contributed by atoms with Crippen LogP contribution in [0, 0.1) is 0 Å². The van der Waals surface area contributed by atoms with Gasteiger partial charge in [-0.05, 0) is 12.1 Å². The lowest BCUT2D eigenvalue weighted by Gasteiger charge is -1.70. The molecular formula is C8H9N3O. The third kappa shape index (κ3) is 3.36. The first-order valence-corrected chi connectivity index (χ1v) is 3.43. The highest BCUT2D eigenvalue weighted by Crippen LogP contribution is 1.94. The monoisotopic (exact) mass is 163 g/mol. The summed E-state index contributed by atoms with van der Waals surface area (Å²) in [5.41, 5.74) is 0. The third-order valence-electron chi connectivity index (χ3n) is 1.05. The van der Waals surface area contributed by atoms with E-state index in [0.29, 0.717) is 0 Å². The van der Waals surface area contributed by atoms with Crippen molar-refractivity contribution < 1.29 is 5.11 Å². The molecule has 0 spiro atoms. The van der Waals surface area contributed by atoms with Gasteiger partial charge in [-0.25, -0.2) is 0 Å². The molecular weight excluding hydrogens is 154 g/mol. The molecule has 0 fully saturated rings. The van der Waals surface area contributed by atoms with Crippen LogP contribution in [0.15, 0.2) is 42.9 Å². The minimum Gasteiger partial charge on any atom is -0.492 e. The maximum Gasteiger partial charge on any atom is 0.229 e. The Balaban J connectivity index is 0.000000120. The lowest BCUT2D eigenvalue weighted by Crippen LogP contribution is -1.59. The van der Waals surface area contributed by atoms with Gasteiger partial charge in [0.25, 0.3) is 0 Å². The number of aromatic nitrogens is 3. The summed E-state index contributed by atoms with van der Waals surface area (Å²) in [6, 6.07) is 7.19. The van der Waals surface area contributed by atoms with Crippen molar-refractivity contribution in [2.75, 3.05) is 0 Å². The molecule has 0 saturated heterocycles. The van der Waals surface area contributed by atoms with Gasteiger partial charge in [-0.2, -0.15) is 0 Å². The zero-order chi connectivity index (χ0) is 8.65. The van der Waals surface area contributed by atoms with E-state index in [1.807, 2.05) is 18.2 Å². The van der Waals surface area contributed by atoms with Crippen LogP contribution in [0.2, 0.25) is 0 Å². The number of pyridine rings is 1. The van der Waals surface area contributed by atoms with Crippen molar-refractivity contribution in [2.24, 2.45) is 0 Å². The first kappa shape index (κ1) is 8.26. The number of nitrogens with zero attached hydrogens (tertiary/aromatic N) is 2. The molecule has 4 heteroatoms. The molecule has 2 heterocycles. The van der Waals surface area contributed by atoms with Gasteiger partial charge in [0.15, 0.2) is 0 Å².